The van der Waals surface area contributed by atoms with Crippen molar-refractivity contribution in [2.24, 2.45) is 0 Å². The average molecular weight is 454 g/mol. The van der Waals surface area contributed by atoms with Gasteiger partial charge in [0, 0.05) is 30.5 Å². The van der Waals surface area contributed by atoms with E-state index in [2.05, 4.69) is 36.8 Å². The molecule has 0 saturated heterocycles. The van der Waals surface area contributed by atoms with Crippen molar-refractivity contribution < 1.29 is 0 Å². The summed E-state index contributed by atoms with van der Waals surface area (Å²) in [5.74, 6) is 0. The SMILES string of the molecule is S=C(NCCCn1cc(Br)cn1)Nc1cnn(Cc2ccccc2Cl)c1. The van der Waals surface area contributed by atoms with Gasteiger partial charge in [-0.2, -0.15) is 10.2 Å². The molecule has 26 heavy (non-hydrogen) atoms. The zero-order valence-electron chi connectivity index (χ0n) is 13.9. The van der Waals surface area contributed by atoms with Crippen molar-refractivity contribution in [1.29, 1.82) is 0 Å². The normalized spacial score (nSPS) is 10.7. The Bertz CT molecular complexity index is 878. The van der Waals surface area contributed by atoms with E-state index in [1.165, 1.54) is 0 Å². The van der Waals surface area contributed by atoms with Gasteiger partial charge in [0.05, 0.1) is 29.1 Å². The predicted octanol–water partition coefficient (Wildman–Crippen LogP) is 3.92. The van der Waals surface area contributed by atoms with Gasteiger partial charge < -0.3 is 10.6 Å². The Hall–Kier alpha value is -1.90. The molecule has 0 fully saturated rings. The van der Waals surface area contributed by atoms with E-state index in [1.807, 2.05) is 46.0 Å². The number of thiocarbonyl (C=S) groups is 1. The number of nitrogens with zero attached hydrogens (tertiary/aromatic N) is 4. The van der Waals surface area contributed by atoms with Crippen molar-refractivity contribution in [1.82, 2.24) is 24.9 Å². The van der Waals surface area contributed by atoms with E-state index in [-0.39, 0.29) is 0 Å². The van der Waals surface area contributed by atoms with Crippen molar-refractivity contribution in [2.45, 2.75) is 19.5 Å². The number of hydrogen-bond donors (Lipinski definition) is 2. The van der Waals surface area contributed by atoms with Crippen LogP contribution in [0.2, 0.25) is 5.02 Å². The minimum atomic E-state index is 0.573. The third-order valence-corrected chi connectivity index (χ3v) is 4.66. The van der Waals surface area contributed by atoms with E-state index in [4.69, 9.17) is 23.8 Å². The molecule has 0 atom stereocenters. The molecule has 0 aliphatic heterocycles. The van der Waals surface area contributed by atoms with E-state index in [9.17, 15) is 0 Å². The number of benzene rings is 1. The topological polar surface area (TPSA) is 59.7 Å². The van der Waals surface area contributed by atoms with E-state index < -0.39 is 0 Å². The predicted molar refractivity (Wildman–Crippen MR) is 112 cm³/mol. The van der Waals surface area contributed by atoms with Crippen molar-refractivity contribution in [3.63, 3.8) is 0 Å². The molecule has 0 unspecified atom stereocenters. The molecular formula is C17H18BrClN6S. The fourth-order valence-corrected chi connectivity index (χ4v) is 3.14. The first kappa shape index (κ1) is 18.9. The van der Waals surface area contributed by atoms with Gasteiger partial charge in [-0.05, 0) is 46.2 Å². The first-order chi connectivity index (χ1) is 12.6. The molecule has 136 valence electrons. The summed E-state index contributed by atoms with van der Waals surface area (Å²) in [5, 5.41) is 16.2. The summed E-state index contributed by atoms with van der Waals surface area (Å²) in [6.07, 6.45) is 8.29. The van der Waals surface area contributed by atoms with Crippen molar-refractivity contribution >= 4 is 50.5 Å². The quantitative estimate of drug-likeness (QED) is 0.419. The van der Waals surface area contributed by atoms with Crippen LogP contribution in [0.3, 0.4) is 0 Å². The second-order valence-corrected chi connectivity index (χ2v) is 7.41. The zero-order valence-corrected chi connectivity index (χ0v) is 17.1. The lowest BCUT2D eigenvalue weighted by molar-refractivity contribution is 0.573. The second-order valence-electron chi connectivity index (χ2n) is 5.67. The van der Waals surface area contributed by atoms with Gasteiger partial charge in [0.2, 0.25) is 0 Å². The van der Waals surface area contributed by atoms with Crippen LogP contribution in [0.4, 0.5) is 5.69 Å². The molecule has 2 N–H and O–H groups in total. The molecular weight excluding hydrogens is 436 g/mol. The Morgan fingerprint density at radius 2 is 1.96 bits per heavy atom. The number of anilines is 1. The molecule has 3 aromatic rings. The van der Waals surface area contributed by atoms with Crippen LogP contribution in [0.1, 0.15) is 12.0 Å². The summed E-state index contributed by atoms with van der Waals surface area (Å²) in [5.41, 5.74) is 1.86. The smallest absolute Gasteiger partial charge is 0.170 e. The van der Waals surface area contributed by atoms with Gasteiger partial charge >= 0.3 is 0 Å². The maximum Gasteiger partial charge on any atom is 0.170 e. The molecule has 3 rings (SSSR count). The van der Waals surface area contributed by atoms with Crippen molar-refractivity contribution in [3.8, 4) is 0 Å². The minimum absolute atomic E-state index is 0.573. The summed E-state index contributed by atoms with van der Waals surface area (Å²) in [7, 11) is 0. The van der Waals surface area contributed by atoms with Crippen LogP contribution in [-0.2, 0) is 13.1 Å². The average Bonchev–Trinajstić information content (AvgIpc) is 3.23. The summed E-state index contributed by atoms with van der Waals surface area (Å²) in [6, 6.07) is 7.74. The van der Waals surface area contributed by atoms with Gasteiger partial charge in [0.25, 0.3) is 0 Å². The maximum absolute atomic E-state index is 6.19. The van der Waals surface area contributed by atoms with Crippen LogP contribution in [0, 0.1) is 0 Å². The first-order valence-electron chi connectivity index (χ1n) is 8.09. The standard InChI is InChI=1S/C17H18BrClN6S/c18-14-8-21-24(11-14)7-3-6-20-17(26)23-15-9-22-25(12-15)10-13-4-1-2-5-16(13)19/h1-2,4-5,8-9,11-12H,3,6-7,10H2,(H2,20,23,26). The van der Waals surface area contributed by atoms with Gasteiger partial charge in [0.1, 0.15) is 0 Å². The van der Waals surface area contributed by atoms with Crippen LogP contribution in [0.5, 0.6) is 0 Å². The highest BCUT2D eigenvalue weighted by molar-refractivity contribution is 9.10. The van der Waals surface area contributed by atoms with Crippen molar-refractivity contribution in [2.75, 3.05) is 11.9 Å². The largest absolute Gasteiger partial charge is 0.362 e. The lowest BCUT2D eigenvalue weighted by Crippen LogP contribution is -2.29. The highest BCUT2D eigenvalue weighted by Crippen LogP contribution is 2.16. The number of aryl methyl sites for hydroxylation is 1. The Morgan fingerprint density at radius 3 is 2.73 bits per heavy atom. The zero-order chi connectivity index (χ0) is 18.4. The highest BCUT2D eigenvalue weighted by Gasteiger charge is 2.04. The molecule has 9 heteroatoms. The number of halogens is 2. The first-order valence-corrected chi connectivity index (χ1v) is 9.67. The van der Waals surface area contributed by atoms with Crippen LogP contribution >= 0.6 is 39.7 Å². The van der Waals surface area contributed by atoms with E-state index in [0.29, 0.717) is 11.7 Å². The molecule has 0 radical (unpaired) electrons. The van der Waals surface area contributed by atoms with Crippen LogP contribution in [-0.4, -0.2) is 31.2 Å². The number of nitrogens with one attached hydrogen (secondary N) is 2. The molecule has 2 heterocycles. The van der Waals surface area contributed by atoms with Gasteiger partial charge in [-0.3, -0.25) is 9.36 Å². The lowest BCUT2D eigenvalue weighted by atomic mass is 10.2. The molecule has 6 nitrogen and oxygen atoms in total. The van der Waals surface area contributed by atoms with Gasteiger partial charge in [0.15, 0.2) is 5.11 Å². The fraction of sp³-hybridized carbons (Fsp3) is 0.235. The Morgan fingerprint density at radius 1 is 1.15 bits per heavy atom. The third-order valence-electron chi connectivity index (χ3n) is 3.63. The van der Waals surface area contributed by atoms with Crippen LogP contribution in [0.15, 0.2) is 53.5 Å². The summed E-state index contributed by atoms with van der Waals surface area (Å²) >= 11 is 14.9. The number of aromatic nitrogens is 4. The second kappa shape index (κ2) is 9.16. The van der Waals surface area contributed by atoms with E-state index >= 15 is 0 Å². The minimum Gasteiger partial charge on any atom is -0.362 e. The fourth-order valence-electron chi connectivity index (χ4n) is 2.39. The summed E-state index contributed by atoms with van der Waals surface area (Å²) in [6.45, 7) is 2.20. The van der Waals surface area contributed by atoms with Gasteiger partial charge in [-0.25, -0.2) is 0 Å². The summed E-state index contributed by atoms with van der Waals surface area (Å²) in [4.78, 5) is 0. The molecule has 0 spiro atoms. The highest BCUT2D eigenvalue weighted by atomic mass is 79.9. The lowest BCUT2D eigenvalue weighted by Gasteiger charge is -2.09. The van der Waals surface area contributed by atoms with E-state index in [1.54, 1.807) is 12.4 Å². The molecule has 0 aliphatic rings. The van der Waals surface area contributed by atoms with Crippen molar-refractivity contribution in [3.05, 3.63) is 64.1 Å². The Kier molecular flexibility index (Phi) is 6.65. The van der Waals surface area contributed by atoms with E-state index in [0.717, 1.165) is 40.3 Å². The van der Waals surface area contributed by atoms with Gasteiger partial charge in [-0.1, -0.05) is 29.8 Å². The molecule has 0 saturated carbocycles. The monoisotopic (exact) mass is 452 g/mol. The molecule has 0 amide bonds. The number of rotatable bonds is 7. The Balaban J connectivity index is 1.42. The molecule has 2 aromatic heterocycles. The maximum atomic E-state index is 6.19. The molecule has 0 bridgehead atoms. The molecule has 1 aromatic carbocycles. The number of hydrogen-bond acceptors (Lipinski definition) is 3. The summed E-state index contributed by atoms with van der Waals surface area (Å²) < 4.78 is 4.69. The van der Waals surface area contributed by atoms with Crippen LogP contribution in [0.25, 0.3) is 0 Å². The Labute approximate surface area is 170 Å². The third kappa shape index (κ3) is 5.55. The molecule has 0 aliphatic carbocycles. The van der Waals surface area contributed by atoms with Crippen LogP contribution < -0.4 is 10.6 Å². The van der Waals surface area contributed by atoms with Gasteiger partial charge in [-0.15, -0.1) is 0 Å².